The van der Waals surface area contributed by atoms with Gasteiger partial charge < -0.3 is 4.98 Å². The van der Waals surface area contributed by atoms with Crippen LogP contribution in [0.3, 0.4) is 0 Å². The number of benzene rings is 1. The maximum absolute atomic E-state index is 3.92. The van der Waals surface area contributed by atoms with Gasteiger partial charge in [0.25, 0.3) is 0 Å². The smallest absolute Gasteiger partial charge is 0.161 e. The first-order valence-corrected chi connectivity index (χ1v) is 11.6. The summed E-state index contributed by atoms with van der Waals surface area (Å²) in [5.41, 5.74) is 3.07. The molecule has 0 fully saturated rings. The highest BCUT2D eigenvalue weighted by atomic mass is 28.3. The minimum absolute atomic E-state index is 0.0957. The fourth-order valence-electron chi connectivity index (χ4n) is 3.81. The van der Waals surface area contributed by atoms with Crippen LogP contribution in [0.1, 0.15) is 41.5 Å². The van der Waals surface area contributed by atoms with Crippen molar-refractivity contribution in [3.63, 3.8) is 0 Å². The van der Waals surface area contributed by atoms with Gasteiger partial charge in [-0.05, 0) is 28.5 Å². The standard InChI is InChI=1S/C21H33NSi/c1-19(2,3)17-14-15-21(16-17,20(4,5)6)23(7,8)22-18-12-10-9-11-13-18/h9-16,22H,1-8H3. The minimum Gasteiger partial charge on any atom is -0.410 e. The summed E-state index contributed by atoms with van der Waals surface area (Å²) < 4.78 is 0. The molecule has 1 aromatic carbocycles. The fourth-order valence-corrected chi connectivity index (χ4v) is 7.79. The summed E-state index contributed by atoms with van der Waals surface area (Å²) in [6.45, 7) is 19.0. The van der Waals surface area contributed by atoms with E-state index in [1.165, 1.54) is 11.3 Å². The summed E-state index contributed by atoms with van der Waals surface area (Å²) in [4.78, 5) is 3.92. The highest BCUT2D eigenvalue weighted by Crippen LogP contribution is 2.59. The normalized spacial score (nSPS) is 22.2. The SMILES string of the molecule is CC(C)(C)C1=CC(C(C)(C)C)([Si](C)(C)Nc2ccccc2)C=C1. The second-order valence-corrected chi connectivity index (χ2v) is 13.7. The summed E-state index contributed by atoms with van der Waals surface area (Å²) in [5, 5.41) is 0.0957. The van der Waals surface area contributed by atoms with Crippen LogP contribution in [0.4, 0.5) is 5.69 Å². The number of anilines is 1. The molecule has 0 aliphatic heterocycles. The van der Waals surface area contributed by atoms with Gasteiger partial charge >= 0.3 is 0 Å². The molecule has 0 amide bonds. The molecule has 0 saturated heterocycles. The molecule has 0 bridgehead atoms. The molecule has 1 aliphatic carbocycles. The maximum Gasteiger partial charge on any atom is 0.161 e. The third kappa shape index (κ3) is 3.33. The van der Waals surface area contributed by atoms with E-state index < -0.39 is 8.24 Å². The Kier molecular flexibility index (Phi) is 4.45. The van der Waals surface area contributed by atoms with Crippen molar-refractivity contribution in [1.82, 2.24) is 0 Å². The fraction of sp³-hybridized carbons (Fsp3) is 0.524. The summed E-state index contributed by atoms with van der Waals surface area (Å²) in [7, 11) is -1.83. The lowest BCUT2D eigenvalue weighted by molar-refractivity contribution is 0.348. The number of allylic oxidation sites excluding steroid dienone is 4. The molecule has 1 N–H and O–H groups in total. The topological polar surface area (TPSA) is 12.0 Å². The lowest BCUT2D eigenvalue weighted by Gasteiger charge is -2.50. The molecule has 0 radical (unpaired) electrons. The Labute approximate surface area is 144 Å². The Morgan fingerprint density at radius 2 is 1.48 bits per heavy atom. The van der Waals surface area contributed by atoms with Crippen molar-refractivity contribution in [3.8, 4) is 0 Å². The molecule has 126 valence electrons. The molecule has 1 unspecified atom stereocenters. The molecule has 0 saturated carbocycles. The number of hydrogen-bond donors (Lipinski definition) is 1. The van der Waals surface area contributed by atoms with Crippen LogP contribution < -0.4 is 4.98 Å². The zero-order valence-electron chi connectivity index (χ0n) is 16.1. The number of hydrogen-bond acceptors (Lipinski definition) is 1. The molecule has 0 heterocycles. The van der Waals surface area contributed by atoms with E-state index >= 15 is 0 Å². The van der Waals surface area contributed by atoms with Crippen LogP contribution >= 0.6 is 0 Å². The molecule has 1 aromatic rings. The van der Waals surface area contributed by atoms with E-state index in [9.17, 15) is 0 Å². The van der Waals surface area contributed by atoms with Crippen molar-refractivity contribution in [2.45, 2.75) is 59.7 Å². The van der Waals surface area contributed by atoms with Crippen LogP contribution in [0, 0.1) is 10.8 Å². The molecule has 1 atom stereocenters. The van der Waals surface area contributed by atoms with Crippen LogP contribution in [-0.4, -0.2) is 8.24 Å². The molecule has 1 nitrogen and oxygen atoms in total. The van der Waals surface area contributed by atoms with E-state index in [1.807, 2.05) is 0 Å². The summed E-state index contributed by atoms with van der Waals surface area (Å²) in [5.74, 6) is 0. The lowest BCUT2D eigenvalue weighted by Crippen LogP contribution is -2.53. The van der Waals surface area contributed by atoms with Gasteiger partial charge in [0, 0.05) is 10.7 Å². The Bertz CT molecular complexity index is 611. The van der Waals surface area contributed by atoms with Crippen molar-refractivity contribution in [2.75, 3.05) is 4.98 Å². The number of para-hydroxylation sites is 1. The lowest BCUT2D eigenvalue weighted by atomic mass is 9.79. The van der Waals surface area contributed by atoms with E-state index in [0.29, 0.717) is 0 Å². The quantitative estimate of drug-likeness (QED) is 0.614. The molecule has 23 heavy (non-hydrogen) atoms. The molecule has 2 rings (SSSR count). The van der Waals surface area contributed by atoms with Gasteiger partial charge in [0.1, 0.15) is 0 Å². The van der Waals surface area contributed by atoms with Crippen LogP contribution in [0.25, 0.3) is 0 Å². The van der Waals surface area contributed by atoms with E-state index in [4.69, 9.17) is 0 Å². The van der Waals surface area contributed by atoms with Crippen molar-refractivity contribution in [2.24, 2.45) is 10.8 Å². The molecule has 0 aromatic heterocycles. The first-order valence-electron chi connectivity index (χ1n) is 8.65. The van der Waals surface area contributed by atoms with Gasteiger partial charge in [-0.25, -0.2) is 0 Å². The van der Waals surface area contributed by atoms with Crippen LogP contribution in [-0.2, 0) is 0 Å². The van der Waals surface area contributed by atoms with Gasteiger partial charge in [0.05, 0.1) is 0 Å². The van der Waals surface area contributed by atoms with E-state index in [2.05, 4.69) is 108 Å². The zero-order chi connectivity index (χ0) is 17.5. The van der Waals surface area contributed by atoms with Gasteiger partial charge in [-0.3, -0.25) is 0 Å². The van der Waals surface area contributed by atoms with Gasteiger partial charge in [0.15, 0.2) is 8.24 Å². The van der Waals surface area contributed by atoms with Crippen molar-refractivity contribution < 1.29 is 0 Å². The highest BCUT2D eigenvalue weighted by Gasteiger charge is 2.53. The maximum atomic E-state index is 3.92. The summed E-state index contributed by atoms with van der Waals surface area (Å²) >= 11 is 0. The highest BCUT2D eigenvalue weighted by molar-refractivity contribution is 6.84. The number of rotatable bonds is 3. The van der Waals surface area contributed by atoms with Gasteiger partial charge in [-0.1, -0.05) is 91.1 Å². The average Bonchev–Trinajstić information content (AvgIpc) is 2.85. The Hall–Kier alpha value is -1.28. The Morgan fingerprint density at radius 1 is 0.913 bits per heavy atom. The molecular formula is C21H33NSi. The third-order valence-electron chi connectivity index (χ3n) is 5.28. The van der Waals surface area contributed by atoms with E-state index in [-0.39, 0.29) is 15.9 Å². The summed E-state index contributed by atoms with van der Waals surface area (Å²) in [6.07, 6.45) is 7.41. The van der Waals surface area contributed by atoms with Crippen LogP contribution in [0.15, 0.2) is 54.1 Å². The van der Waals surface area contributed by atoms with E-state index in [0.717, 1.165) is 0 Å². The zero-order valence-corrected chi connectivity index (χ0v) is 17.1. The van der Waals surface area contributed by atoms with Crippen molar-refractivity contribution in [3.05, 3.63) is 54.1 Å². The first-order chi connectivity index (χ1) is 10.4. The van der Waals surface area contributed by atoms with Crippen LogP contribution in [0.2, 0.25) is 18.1 Å². The van der Waals surface area contributed by atoms with Gasteiger partial charge in [-0.2, -0.15) is 0 Å². The van der Waals surface area contributed by atoms with Crippen LogP contribution in [0.5, 0.6) is 0 Å². The predicted molar refractivity (Wildman–Crippen MR) is 106 cm³/mol. The third-order valence-corrected chi connectivity index (χ3v) is 9.32. The second kappa shape index (κ2) is 5.66. The van der Waals surface area contributed by atoms with E-state index in [1.54, 1.807) is 0 Å². The van der Waals surface area contributed by atoms with Crippen molar-refractivity contribution >= 4 is 13.9 Å². The predicted octanol–water partition coefficient (Wildman–Crippen LogP) is 6.63. The number of nitrogens with one attached hydrogen (secondary N) is 1. The largest absolute Gasteiger partial charge is 0.410 e. The average molecular weight is 328 g/mol. The Balaban J connectivity index is 2.49. The van der Waals surface area contributed by atoms with Gasteiger partial charge in [-0.15, -0.1) is 0 Å². The summed E-state index contributed by atoms with van der Waals surface area (Å²) in [6, 6.07) is 10.7. The monoisotopic (exact) mass is 327 g/mol. The molecule has 1 aliphatic rings. The van der Waals surface area contributed by atoms with Gasteiger partial charge in [0.2, 0.25) is 0 Å². The van der Waals surface area contributed by atoms with Crippen molar-refractivity contribution in [1.29, 1.82) is 0 Å². The minimum atomic E-state index is -1.83. The molecular weight excluding hydrogens is 294 g/mol. The second-order valence-electron chi connectivity index (χ2n) is 9.42. The molecule has 2 heteroatoms. The Morgan fingerprint density at radius 3 is 1.91 bits per heavy atom. The first kappa shape index (κ1) is 18.1. The molecule has 0 spiro atoms.